The van der Waals surface area contributed by atoms with Gasteiger partial charge in [-0.2, -0.15) is 0 Å². The summed E-state index contributed by atoms with van der Waals surface area (Å²) in [7, 11) is 3.92. The molecule has 2 rings (SSSR count). The van der Waals surface area contributed by atoms with Crippen LogP contribution in [0.4, 0.5) is 0 Å². The van der Waals surface area contributed by atoms with Gasteiger partial charge < -0.3 is 14.6 Å². The monoisotopic (exact) mass is 260 g/mol. The van der Waals surface area contributed by atoms with Crippen LogP contribution in [0.2, 0.25) is 0 Å². The first-order valence-electron chi connectivity index (χ1n) is 6.88. The summed E-state index contributed by atoms with van der Waals surface area (Å²) in [6.07, 6.45) is 3.15. The summed E-state index contributed by atoms with van der Waals surface area (Å²) in [5.74, 6) is 1.00. The van der Waals surface area contributed by atoms with E-state index in [1.807, 2.05) is 0 Å². The molecular formula is C16H24N2O. The maximum absolute atomic E-state index is 5.58. The second-order valence-corrected chi connectivity index (χ2v) is 5.48. The SMILES string of the molecule is COc1c(C)ccc2[nH]cc(CCN(C)C(C)C)c12. The third-order valence-electron chi connectivity index (χ3n) is 3.90. The van der Waals surface area contributed by atoms with Crippen LogP contribution in [-0.2, 0) is 6.42 Å². The van der Waals surface area contributed by atoms with E-state index in [9.17, 15) is 0 Å². The molecule has 0 aliphatic carbocycles. The highest BCUT2D eigenvalue weighted by Crippen LogP contribution is 2.32. The molecule has 1 aromatic heterocycles. The van der Waals surface area contributed by atoms with E-state index >= 15 is 0 Å². The van der Waals surface area contributed by atoms with Gasteiger partial charge in [-0.15, -0.1) is 0 Å². The molecule has 0 saturated carbocycles. The van der Waals surface area contributed by atoms with E-state index in [4.69, 9.17) is 4.74 Å². The number of nitrogens with zero attached hydrogens (tertiary/aromatic N) is 1. The van der Waals surface area contributed by atoms with Gasteiger partial charge in [0, 0.05) is 29.7 Å². The zero-order chi connectivity index (χ0) is 14.0. The van der Waals surface area contributed by atoms with Crippen molar-refractivity contribution in [3.8, 4) is 5.75 Å². The number of aromatic nitrogens is 1. The van der Waals surface area contributed by atoms with Gasteiger partial charge in [-0.25, -0.2) is 0 Å². The van der Waals surface area contributed by atoms with E-state index in [1.54, 1.807) is 7.11 Å². The van der Waals surface area contributed by atoms with Crippen LogP contribution >= 0.6 is 0 Å². The van der Waals surface area contributed by atoms with Gasteiger partial charge in [-0.1, -0.05) is 6.07 Å². The lowest BCUT2D eigenvalue weighted by Gasteiger charge is -2.20. The Balaban J connectivity index is 2.31. The summed E-state index contributed by atoms with van der Waals surface area (Å²) in [6, 6.07) is 4.80. The number of H-pyrrole nitrogens is 1. The molecule has 0 bridgehead atoms. The third-order valence-corrected chi connectivity index (χ3v) is 3.90. The third kappa shape index (κ3) is 2.76. The molecular weight excluding hydrogens is 236 g/mol. The average Bonchev–Trinajstić information content (AvgIpc) is 2.79. The molecule has 0 saturated heterocycles. The van der Waals surface area contributed by atoms with Crippen molar-refractivity contribution in [1.82, 2.24) is 9.88 Å². The molecule has 0 aliphatic heterocycles. The van der Waals surface area contributed by atoms with Crippen molar-refractivity contribution in [1.29, 1.82) is 0 Å². The Labute approximate surface area is 115 Å². The molecule has 3 heteroatoms. The smallest absolute Gasteiger partial charge is 0.131 e. The van der Waals surface area contributed by atoms with Crippen LogP contribution in [0.15, 0.2) is 18.3 Å². The molecule has 1 aromatic carbocycles. The highest BCUT2D eigenvalue weighted by Gasteiger charge is 2.12. The Hall–Kier alpha value is -1.48. The predicted octanol–water partition coefficient (Wildman–Crippen LogP) is 3.37. The zero-order valence-corrected chi connectivity index (χ0v) is 12.6. The number of rotatable bonds is 5. The fourth-order valence-corrected chi connectivity index (χ4v) is 2.38. The number of fused-ring (bicyclic) bond motifs is 1. The number of benzene rings is 1. The van der Waals surface area contributed by atoms with Gasteiger partial charge in [-0.3, -0.25) is 0 Å². The van der Waals surface area contributed by atoms with Crippen LogP contribution in [0.3, 0.4) is 0 Å². The van der Waals surface area contributed by atoms with Crippen LogP contribution in [0, 0.1) is 6.92 Å². The normalized spacial score (nSPS) is 11.7. The zero-order valence-electron chi connectivity index (χ0n) is 12.6. The van der Waals surface area contributed by atoms with Gasteiger partial charge >= 0.3 is 0 Å². The van der Waals surface area contributed by atoms with Crippen molar-refractivity contribution in [2.75, 3.05) is 20.7 Å². The van der Waals surface area contributed by atoms with E-state index in [1.165, 1.54) is 16.5 Å². The first-order valence-corrected chi connectivity index (χ1v) is 6.88. The summed E-state index contributed by atoms with van der Waals surface area (Å²) in [5.41, 5.74) is 3.68. The van der Waals surface area contributed by atoms with Crippen molar-refractivity contribution in [2.45, 2.75) is 33.2 Å². The molecule has 3 nitrogen and oxygen atoms in total. The van der Waals surface area contributed by atoms with E-state index in [-0.39, 0.29) is 0 Å². The minimum Gasteiger partial charge on any atom is -0.496 e. The summed E-state index contributed by atoms with van der Waals surface area (Å²) >= 11 is 0. The molecule has 0 radical (unpaired) electrons. The van der Waals surface area contributed by atoms with Crippen LogP contribution in [0.5, 0.6) is 5.75 Å². The second-order valence-electron chi connectivity index (χ2n) is 5.48. The maximum Gasteiger partial charge on any atom is 0.131 e. The van der Waals surface area contributed by atoms with Gasteiger partial charge in [0.1, 0.15) is 5.75 Å². The van der Waals surface area contributed by atoms with Crippen molar-refractivity contribution < 1.29 is 4.74 Å². The molecule has 0 spiro atoms. The van der Waals surface area contributed by atoms with E-state index in [0.717, 1.165) is 24.2 Å². The van der Waals surface area contributed by atoms with Gasteiger partial charge in [0.25, 0.3) is 0 Å². The van der Waals surface area contributed by atoms with Crippen LogP contribution in [-0.4, -0.2) is 36.6 Å². The van der Waals surface area contributed by atoms with E-state index in [0.29, 0.717) is 6.04 Å². The fourth-order valence-electron chi connectivity index (χ4n) is 2.38. The number of likely N-dealkylation sites (N-methyl/N-ethyl adjacent to an activating group) is 1. The molecule has 19 heavy (non-hydrogen) atoms. The Morgan fingerprint density at radius 1 is 1.32 bits per heavy atom. The topological polar surface area (TPSA) is 28.3 Å². The highest BCUT2D eigenvalue weighted by molar-refractivity contribution is 5.90. The molecule has 104 valence electrons. The lowest BCUT2D eigenvalue weighted by molar-refractivity contribution is 0.277. The summed E-state index contributed by atoms with van der Waals surface area (Å²) in [5, 5.41) is 1.24. The molecule has 0 aliphatic rings. The van der Waals surface area contributed by atoms with Crippen molar-refractivity contribution >= 4 is 10.9 Å². The van der Waals surface area contributed by atoms with Gasteiger partial charge in [0.05, 0.1) is 7.11 Å². The lowest BCUT2D eigenvalue weighted by Crippen LogP contribution is -2.28. The average molecular weight is 260 g/mol. The number of aryl methyl sites for hydroxylation is 1. The highest BCUT2D eigenvalue weighted by atomic mass is 16.5. The summed E-state index contributed by atoms with van der Waals surface area (Å²) in [6.45, 7) is 7.59. The van der Waals surface area contributed by atoms with Crippen molar-refractivity contribution in [2.24, 2.45) is 0 Å². The molecule has 2 aromatic rings. The van der Waals surface area contributed by atoms with E-state index < -0.39 is 0 Å². The number of ether oxygens (including phenoxy) is 1. The molecule has 1 heterocycles. The first-order chi connectivity index (χ1) is 9.04. The van der Waals surface area contributed by atoms with Crippen LogP contribution in [0.25, 0.3) is 10.9 Å². The fraction of sp³-hybridized carbons (Fsp3) is 0.500. The number of aromatic amines is 1. The van der Waals surface area contributed by atoms with Crippen LogP contribution in [0.1, 0.15) is 25.0 Å². The number of nitrogens with one attached hydrogen (secondary N) is 1. The molecule has 0 atom stereocenters. The van der Waals surface area contributed by atoms with Crippen LogP contribution < -0.4 is 4.74 Å². The second kappa shape index (κ2) is 5.66. The largest absolute Gasteiger partial charge is 0.496 e. The van der Waals surface area contributed by atoms with Crippen molar-refractivity contribution in [3.05, 3.63) is 29.5 Å². The Bertz CT molecular complexity index is 557. The maximum atomic E-state index is 5.58. The summed E-state index contributed by atoms with van der Waals surface area (Å²) in [4.78, 5) is 5.71. The van der Waals surface area contributed by atoms with Gasteiger partial charge in [-0.05, 0) is 51.4 Å². The Morgan fingerprint density at radius 3 is 2.68 bits per heavy atom. The molecule has 0 amide bonds. The molecule has 0 unspecified atom stereocenters. The van der Waals surface area contributed by atoms with E-state index in [2.05, 4.69) is 56.0 Å². The standard InChI is InChI=1S/C16H24N2O/c1-11(2)18(4)9-8-13-10-17-14-7-6-12(3)16(19-5)15(13)14/h6-7,10-11,17H,8-9H2,1-5H3. The quantitative estimate of drug-likeness (QED) is 0.892. The molecule has 1 N–H and O–H groups in total. The minimum absolute atomic E-state index is 0.578. The van der Waals surface area contributed by atoms with Gasteiger partial charge in [0.15, 0.2) is 0 Å². The Morgan fingerprint density at radius 2 is 2.05 bits per heavy atom. The predicted molar refractivity (Wildman–Crippen MR) is 81.1 cm³/mol. The number of methoxy groups -OCH3 is 1. The molecule has 0 fully saturated rings. The number of hydrogen-bond acceptors (Lipinski definition) is 2. The lowest BCUT2D eigenvalue weighted by atomic mass is 10.1. The Kier molecular flexibility index (Phi) is 4.15. The first kappa shape index (κ1) is 13.9. The van der Waals surface area contributed by atoms with Crippen molar-refractivity contribution in [3.63, 3.8) is 0 Å². The number of hydrogen-bond donors (Lipinski definition) is 1. The summed E-state index contributed by atoms with van der Waals surface area (Å²) < 4.78 is 5.58. The minimum atomic E-state index is 0.578. The van der Waals surface area contributed by atoms with Gasteiger partial charge in [0.2, 0.25) is 0 Å².